The molecule has 0 bridgehead atoms. The normalized spacial score (nSPS) is 11.7. The van der Waals surface area contributed by atoms with Crippen molar-refractivity contribution in [2.75, 3.05) is 0 Å². The van der Waals surface area contributed by atoms with Crippen molar-refractivity contribution in [1.82, 2.24) is 0 Å². The van der Waals surface area contributed by atoms with E-state index in [9.17, 15) is 8.78 Å². The first kappa shape index (κ1) is 10.2. The molecule has 76 valence electrons. The standard InChI is InChI=1S/C8H8F2N2O2/c9-5-2-1-4(3-6(11)12-14)8(13)7(5)10/h1-2,13-14H,3H2,(H2,11,12). The quantitative estimate of drug-likeness (QED) is 0.289. The third kappa shape index (κ3) is 1.90. The van der Waals surface area contributed by atoms with Crippen LogP contribution in [0.3, 0.4) is 0 Å². The van der Waals surface area contributed by atoms with Crippen LogP contribution in [0.4, 0.5) is 8.78 Å². The largest absolute Gasteiger partial charge is 0.505 e. The van der Waals surface area contributed by atoms with Crippen molar-refractivity contribution in [2.45, 2.75) is 6.42 Å². The lowest BCUT2D eigenvalue weighted by Crippen LogP contribution is -2.15. The second-order valence-electron chi connectivity index (χ2n) is 2.64. The molecule has 0 fully saturated rings. The van der Waals surface area contributed by atoms with Crippen LogP contribution in [0.5, 0.6) is 5.75 Å². The van der Waals surface area contributed by atoms with E-state index >= 15 is 0 Å². The number of phenols is 1. The van der Waals surface area contributed by atoms with Gasteiger partial charge in [0.05, 0.1) is 0 Å². The van der Waals surface area contributed by atoms with Gasteiger partial charge in [-0.25, -0.2) is 4.39 Å². The van der Waals surface area contributed by atoms with Crippen LogP contribution in [0.15, 0.2) is 17.3 Å². The lowest BCUT2D eigenvalue weighted by atomic mass is 10.1. The predicted octanol–water partition coefficient (Wildman–Crippen LogP) is 0.959. The number of benzene rings is 1. The number of oxime groups is 1. The Morgan fingerprint density at radius 1 is 1.43 bits per heavy atom. The third-order valence-electron chi connectivity index (χ3n) is 1.65. The summed E-state index contributed by atoms with van der Waals surface area (Å²) in [5, 5.41) is 20.0. The van der Waals surface area contributed by atoms with Crippen LogP contribution in [0.25, 0.3) is 0 Å². The number of rotatable bonds is 2. The number of nitrogens with zero attached hydrogens (tertiary/aromatic N) is 1. The van der Waals surface area contributed by atoms with E-state index in [1.807, 2.05) is 0 Å². The van der Waals surface area contributed by atoms with E-state index in [4.69, 9.17) is 16.0 Å². The highest BCUT2D eigenvalue weighted by molar-refractivity contribution is 5.82. The number of nitrogens with two attached hydrogens (primary N) is 1. The second-order valence-corrected chi connectivity index (χ2v) is 2.64. The summed E-state index contributed by atoms with van der Waals surface area (Å²) in [6.07, 6.45) is -0.153. The number of halogens is 2. The molecule has 1 aromatic rings. The van der Waals surface area contributed by atoms with E-state index in [2.05, 4.69) is 5.16 Å². The molecule has 0 spiro atoms. The molecule has 1 aromatic carbocycles. The van der Waals surface area contributed by atoms with Crippen LogP contribution in [0.2, 0.25) is 0 Å². The van der Waals surface area contributed by atoms with Gasteiger partial charge < -0.3 is 16.0 Å². The van der Waals surface area contributed by atoms with E-state index in [0.717, 1.165) is 12.1 Å². The first-order valence-corrected chi connectivity index (χ1v) is 3.68. The highest BCUT2D eigenvalue weighted by Crippen LogP contribution is 2.23. The van der Waals surface area contributed by atoms with Gasteiger partial charge in [0.1, 0.15) is 5.84 Å². The molecule has 4 N–H and O–H groups in total. The van der Waals surface area contributed by atoms with Gasteiger partial charge in [-0.3, -0.25) is 0 Å². The zero-order chi connectivity index (χ0) is 10.7. The molecule has 0 amide bonds. The lowest BCUT2D eigenvalue weighted by Gasteiger charge is -2.04. The number of aromatic hydroxyl groups is 1. The summed E-state index contributed by atoms with van der Waals surface area (Å²) in [6, 6.07) is 2.01. The van der Waals surface area contributed by atoms with Crippen molar-refractivity contribution >= 4 is 5.84 Å². The van der Waals surface area contributed by atoms with Crippen LogP contribution in [0, 0.1) is 11.6 Å². The van der Waals surface area contributed by atoms with Gasteiger partial charge in [-0.1, -0.05) is 11.2 Å². The van der Waals surface area contributed by atoms with Gasteiger partial charge in [-0.2, -0.15) is 4.39 Å². The van der Waals surface area contributed by atoms with Crippen LogP contribution in [-0.2, 0) is 6.42 Å². The summed E-state index contributed by atoms with van der Waals surface area (Å²) in [6.45, 7) is 0. The van der Waals surface area contributed by atoms with Gasteiger partial charge in [0.15, 0.2) is 11.6 Å². The Hall–Kier alpha value is -1.85. The smallest absolute Gasteiger partial charge is 0.200 e. The second kappa shape index (κ2) is 3.91. The fourth-order valence-corrected chi connectivity index (χ4v) is 0.953. The predicted molar refractivity (Wildman–Crippen MR) is 45.1 cm³/mol. The van der Waals surface area contributed by atoms with Gasteiger partial charge in [-0.05, 0) is 6.07 Å². The fraction of sp³-hybridized carbons (Fsp3) is 0.125. The van der Waals surface area contributed by atoms with E-state index in [1.54, 1.807) is 0 Å². The molecule has 0 radical (unpaired) electrons. The molecule has 0 atom stereocenters. The monoisotopic (exact) mass is 202 g/mol. The maximum atomic E-state index is 12.8. The molecule has 0 aliphatic rings. The molecule has 0 heterocycles. The molecule has 0 aliphatic heterocycles. The molecule has 0 aromatic heterocycles. The maximum Gasteiger partial charge on any atom is 0.200 e. The van der Waals surface area contributed by atoms with Crippen molar-refractivity contribution in [3.05, 3.63) is 29.3 Å². The molecule has 14 heavy (non-hydrogen) atoms. The SMILES string of the molecule is N/C(Cc1ccc(F)c(F)c1O)=N\O. The Bertz CT molecular complexity index is 380. The summed E-state index contributed by atoms with van der Waals surface area (Å²) in [4.78, 5) is 0. The lowest BCUT2D eigenvalue weighted by molar-refractivity contribution is 0.317. The Kier molecular flexibility index (Phi) is 2.85. The van der Waals surface area contributed by atoms with Crippen molar-refractivity contribution in [1.29, 1.82) is 0 Å². The van der Waals surface area contributed by atoms with Gasteiger partial charge in [0.25, 0.3) is 0 Å². The number of hydrogen-bond donors (Lipinski definition) is 3. The molecule has 1 rings (SSSR count). The summed E-state index contributed by atoms with van der Waals surface area (Å²) in [5.41, 5.74) is 5.19. The van der Waals surface area contributed by atoms with Gasteiger partial charge in [0, 0.05) is 12.0 Å². The topological polar surface area (TPSA) is 78.8 Å². The van der Waals surface area contributed by atoms with Crippen LogP contribution >= 0.6 is 0 Å². The number of hydrogen-bond acceptors (Lipinski definition) is 3. The first-order chi connectivity index (χ1) is 6.56. The minimum atomic E-state index is -1.34. The highest BCUT2D eigenvalue weighted by Gasteiger charge is 2.12. The fourth-order valence-electron chi connectivity index (χ4n) is 0.953. The van der Waals surface area contributed by atoms with Crippen molar-refractivity contribution in [3.63, 3.8) is 0 Å². The molecular weight excluding hydrogens is 194 g/mol. The average Bonchev–Trinajstić information content (AvgIpc) is 2.19. The molecule has 0 saturated carbocycles. The minimum Gasteiger partial charge on any atom is -0.505 e. The Morgan fingerprint density at radius 3 is 2.64 bits per heavy atom. The zero-order valence-corrected chi connectivity index (χ0v) is 7.04. The molecule has 4 nitrogen and oxygen atoms in total. The van der Waals surface area contributed by atoms with Gasteiger partial charge in [-0.15, -0.1) is 0 Å². The number of amidine groups is 1. The Morgan fingerprint density at radius 2 is 2.07 bits per heavy atom. The molecule has 0 saturated heterocycles. The van der Waals surface area contributed by atoms with Crippen LogP contribution < -0.4 is 5.73 Å². The number of phenolic OH excluding ortho intramolecular Hbond substituents is 1. The third-order valence-corrected chi connectivity index (χ3v) is 1.65. The maximum absolute atomic E-state index is 12.8. The van der Waals surface area contributed by atoms with Gasteiger partial charge >= 0.3 is 0 Å². The molecular formula is C8H8F2N2O2. The van der Waals surface area contributed by atoms with Crippen molar-refractivity contribution < 1.29 is 19.1 Å². The average molecular weight is 202 g/mol. The molecule has 6 heteroatoms. The van der Waals surface area contributed by atoms with E-state index < -0.39 is 17.4 Å². The van der Waals surface area contributed by atoms with Crippen molar-refractivity contribution in [2.24, 2.45) is 10.9 Å². The van der Waals surface area contributed by atoms with Gasteiger partial charge in [0.2, 0.25) is 5.82 Å². The zero-order valence-electron chi connectivity index (χ0n) is 7.04. The van der Waals surface area contributed by atoms with Crippen LogP contribution in [-0.4, -0.2) is 16.1 Å². The molecule has 0 aliphatic carbocycles. The van der Waals surface area contributed by atoms with Crippen LogP contribution in [0.1, 0.15) is 5.56 Å². The molecule has 0 unspecified atom stereocenters. The van der Waals surface area contributed by atoms with E-state index in [0.29, 0.717) is 0 Å². The summed E-state index contributed by atoms with van der Waals surface area (Å²) >= 11 is 0. The van der Waals surface area contributed by atoms with Crippen molar-refractivity contribution in [3.8, 4) is 5.75 Å². The highest BCUT2D eigenvalue weighted by atomic mass is 19.2. The summed E-state index contributed by atoms with van der Waals surface area (Å²) < 4.78 is 25.3. The summed E-state index contributed by atoms with van der Waals surface area (Å²) in [7, 11) is 0. The van der Waals surface area contributed by atoms with E-state index in [1.165, 1.54) is 0 Å². The summed E-state index contributed by atoms with van der Waals surface area (Å²) in [5.74, 6) is -3.51. The first-order valence-electron chi connectivity index (χ1n) is 3.68. The Balaban J connectivity index is 3.06. The Labute approximate surface area is 78.3 Å². The minimum absolute atomic E-state index is 0.0548. The van der Waals surface area contributed by atoms with E-state index in [-0.39, 0.29) is 17.8 Å².